The van der Waals surface area contributed by atoms with E-state index in [-0.39, 0.29) is 10.8 Å². The molecule has 0 N–H and O–H groups in total. The molecular formula is C132H98N5O3P3. The smallest absolute Gasteiger partial charge is 0.175 e. The Labute approximate surface area is 834 Å². The summed E-state index contributed by atoms with van der Waals surface area (Å²) in [5.41, 5.74) is 27.1. The molecule has 22 aromatic rings. The maximum absolute atomic E-state index is 15.8. The molecule has 3 atom stereocenters. The van der Waals surface area contributed by atoms with E-state index in [0.717, 1.165) is 149 Å². The van der Waals surface area contributed by atoms with Gasteiger partial charge in [-0.05, 0) is 252 Å². The maximum Gasteiger partial charge on any atom is 0.175 e. The maximum atomic E-state index is 15.8. The monoisotopic (exact) mass is 1890 g/mol. The fourth-order valence-electron chi connectivity index (χ4n) is 22.9. The molecule has 5 heterocycles. The van der Waals surface area contributed by atoms with Gasteiger partial charge in [0.05, 0.1) is 56.9 Å². The van der Waals surface area contributed by atoms with Crippen LogP contribution in [-0.4, -0.2) is 0 Å². The van der Waals surface area contributed by atoms with E-state index >= 15 is 13.7 Å². The van der Waals surface area contributed by atoms with Crippen molar-refractivity contribution in [1.82, 2.24) is 0 Å². The quantitative estimate of drug-likeness (QED) is 0.0937. The molecule has 0 saturated heterocycles. The molecule has 3 unspecified atom stereocenters. The Balaban J connectivity index is 0.000000113. The summed E-state index contributed by atoms with van der Waals surface area (Å²) in [6, 6.07) is 182. The summed E-state index contributed by atoms with van der Waals surface area (Å²) in [7, 11) is -9.70. The summed E-state index contributed by atoms with van der Waals surface area (Å²) in [5.74, 6) is 0. The molecule has 8 nitrogen and oxygen atoms in total. The first-order valence-corrected chi connectivity index (χ1v) is 54.0. The van der Waals surface area contributed by atoms with Gasteiger partial charge >= 0.3 is 0 Å². The summed E-state index contributed by atoms with van der Waals surface area (Å²) in [6.45, 7) is 9.22. The molecule has 22 aromatic carbocycles. The molecule has 0 aromatic heterocycles. The number of anilines is 15. The van der Waals surface area contributed by atoms with Crippen LogP contribution >= 0.6 is 21.4 Å². The van der Waals surface area contributed by atoms with Crippen molar-refractivity contribution in [2.24, 2.45) is 0 Å². The molecule has 0 spiro atoms. The van der Waals surface area contributed by atoms with Crippen LogP contribution in [0.2, 0.25) is 0 Å². The lowest BCUT2D eigenvalue weighted by Gasteiger charge is -2.43. The average Bonchev–Trinajstić information content (AvgIpc) is 0.713. The molecule has 11 heteroatoms. The van der Waals surface area contributed by atoms with Gasteiger partial charge in [0.1, 0.15) is 0 Å². The lowest BCUT2D eigenvalue weighted by Crippen LogP contribution is -2.37. The van der Waals surface area contributed by atoms with E-state index in [4.69, 9.17) is 0 Å². The van der Waals surface area contributed by atoms with Gasteiger partial charge in [0.15, 0.2) is 21.4 Å². The van der Waals surface area contributed by atoms with Crippen molar-refractivity contribution < 1.29 is 13.7 Å². The Morgan fingerprint density at radius 2 is 0.385 bits per heavy atom. The Hall–Kier alpha value is -16.7. The number of rotatable bonds is 11. The molecule has 143 heavy (non-hydrogen) atoms. The standard InChI is InChI=1S/C48H32NOP.C45H35N2OP.C39H31N2OP/c50-51(38-18-5-2-6-19-38)47-25-12-11-24-45(47)49(37-16-3-1-4-17-37)46-29-27-36(32-48(46)51)34-15-13-14-33(30-34)35-26-28-43-41-22-8-7-20-39(41)40-21-9-10-23-42(40)44(43)31-35;1-45(2)37-19-9-11-21-39(37)46(40-22-12-10-20-38(40)45)35-28-25-32(26-29-35)33-27-30-42-44(31-33)49(48,36-17-7-4-8-18-36)43-24-14-13-23-41(43)47(42)34-15-5-3-6-16-34;1-39(2)31-19-9-11-21-33(31)41(34-22-12-10-20-32(34)39)29-25-26-36-38(27-29)43(42,30-17-7-4-8-18-30)37-24-14-13-23-35(37)40(36)28-15-5-3-6-16-28/h1-32H;3-31H,1-2H3;3-27H,1-2H3. The zero-order valence-corrected chi connectivity index (χ0v) is 82.1. The highest BCUT2D eigenvalue weighted by atomic mass is 31.2. The minimum atomic E-state index is -3.24. The van der Waals surface area contributed by atoms with Crippen LogP contribution in [0.1, 0.15) is 49.9 Å². The van der Waals surface area contributed by atoms with E-state index in [2.05, 4.69) is 410 Å². The van der Waals surface area contributed by atoms with Gasteiger partial charge in [-0.3, -0.25) is 0 Å². The van der Waals surface area contributed by atoms with Gasteiger partial charge < -0.3 is 38.2 Å². The first kappa shape index (κ1) is 87.8. The van der Waals surface area contributed by atoms with Crippen LogP contribution in [0.4, 0.5) is 85.3 Å². The third kappa shape index (κ3) is 14.4. The number of hydrogen-bond donors (Lipinski definition) is 0. The molecule has 0 bridgehead atoms. The van der Waals surface area contributed by atoms with Gasteiger partial charge in [0.25, 0.3) is 0 Å². The fourth-order valence-corrected chi connectivity index (χ4v) is 31.9. The molecule has 0 aliphatic carbocycles. The van der Waals surface area contributed by atoms with Crippen LogP contribution < -0.4 is 72.2 Å². The Kier molecular flexibility index (Phi) is 21.7. The second-order valence-corrected chi connectivity index (χ2v) is 46.5. The highest BCUT2D eigenvalue weighted by molar-refractivity contribution is 7.87. The Morgan fingerprint density at radius 3 is 0.755 bits per heavy atom. The number of hydrogen-bond acceptors (Lipinski definition) is 8. The van der Waals surface area contributed by atoms with Crippen LogP contribution in [0.15, 0.2) is 522 Å². The summed E-state index contributed by atoms with van der Waals surface area (Å²) in [4.78, 5) is 11.5. The van der Waals surface area contributed by atoms with Crippen LogP contribution in [0.25, 0.3) is 65.7 Å². The van der Waals surface area contributed by atoms with Gasteiger partial charge in [0, 0.05) is 87.0 Å². The van der Waals surface area contributed by atoms with Crippen molar-refractivity contribution in [2.45, 2.75) is 38.5 Å². The van der Waals surface area contributed by atoms with Crippen LogP contribution in [0.3, 0.4) is 0 Å². The minimum Gasteiger partial charge on any atom is -0.310 e. The highest BCUT2D eigenvalue weighted by Crippen LogP contribution is 2.61. The van der Waals surface area contributed by atoms with E-state index in [1.807, 2.05) is 164 Å². The van der Waals surface area contributed by atoms with Crippen molar-refractivity contribution in [2.75, 3.05) is 24.5 Å². The normalized spacial score (nSPS) is 16.6. The number of para-hydroxylation sites is 10. The van der Waals surface area contributed by atoms with Crippen molar-refractivity contribution in [3.05, 3.63) is 544 Å². The van der Waals surface area contributed by atoms with Crippen LogP contribution in [-0.2, 0) is 24.5 Å². The molecule has 27 rings (SSSR count). The van der Waals surface area contributed by atoms with E-state index < -0.39 is 21.4 Å². The van der Waals surface area contributed by atoms with Gasteiger partial charge in [0.2, 0.25) is 0 Å². The molecular weight excluding hydrogens is 1800 g/mol. The Bertz CT molecular complexity index is 8790. The van der Waals surface area contributed by atoms with Crippen molar-refractivity contribution >= 4 is 187 Å². The summed E-state index contributed by atoms with van der Waals surface area (Å²) in [5, 5.41) is 15.2. The molecule has 0 fully saturated rings. The minimum absolute atomic E-state index is 0.105. The number of fused-ring (bicyclic) bond motifs is 16. The van der Waals surface area contributed by atoms with Gasteiger partial charge in [-0.25, -0.2) is 0 Å². The van der Waals surface area contributed by atoms with Gasteiger partial charge in [-0.15, -0.1) is 0 Å². The van der Waals surface area contributed by atoms with E-state index in [1.165, 1.54) is 71.5 Å². The predicted molar refractivity (Wildman–Crippen MR) is 605 cm³/mol. The third-order valence-corrected chi connectivity index (χ3v) is 39.1. The van der Waals surface area contributed by atoms with Gasteiger partial charge in [-0.1, -0.05) is 386 Å². The summed E-state index contributed by atoms with van der Waals surface area (Å²) < 4.78 is 47.4. The van der Waals surface area contributed by atoms with Crippen LogP contribution in [0.5, 0.6) is 0 Å². The van der Waals surface area contributed by atoms with Crippen molar-refractivity contribution in [1.29, 1.82) is 0 Å². The molecule has 5 aliphatic rings. The van der Waals surface area contributed by atoms with E-state index in [9.17, 15) is 0 Å². The third-order valence-electron chi connectivity index (χ3n) is 29.7. The van der Waals surface area contributed by atoms with E-state index in [1.54, 1.807) is 0 Å². The highest BCUT2D eigenvalue weighted by Gasteiger charge is 2.47. The zero-order chi connectivity index (χ0) is 96.3. The molecule has 5 aliphatic heterocycles. The second kappa shape index (κ2) is 35.3. The van der Waals surface area contributed by atoms with Crippen molar-refractivity contribution in [3.63, 3.8) is 0 Å². The van der Waals surface area contributed by atoms with Gasteiger partial charge in [-0.2, -0.15) is 0 Å². The first-order valence-electron chi connectivity index (χ1n) is 48.9. The number of nitrogens with zero attached hydrogens (tertiary/aromatic N) is 5. The second-order valence-electron chi connectivity index (χ2n) is 38.4. The molecule has 0 radical (unpaired) electrons. The largest absolute Gasteiger partial charge is 0.310 e. The van der Waals surface area contributed by atoms with Crippen LogP contribution in [0, 0.1) is 0 Å². The molecule has 684 valence electrons. The Morgan fingerprint density at radius 1 is 0.154 bits per heavy atom. The number of benzene rings is 22. The molecule has 0 amide bonds. The average molecular weight is 1900 g/mol. The topological polar surface area (TPSA) is 67.4 Å². The summed E-state index contributed by atoms with van der Waals surface area (Å²) in [6.07, 6.45) is 0. The zero-order valence-electron chi connectivity index (χ0n) is 79.5. The first-order chi connectivity index (χ1) is 70.1. The summed E-state index contributed by atoms with van der Waals surface area (Å²) >= 11 is 0. The lowest BCUT2D eigenvalue weighted by atomic mass is 9.73. The van der Waals surface area contributed by atoms with Crippen molar-refractivity contribution in [3.8, 4) is 33.4 Å². The lowest BCUT2D eigenvalue weighted by molar-refractivity contribution is 0.591. The SMILES string of the molecule is CC1(C)c2ccccc2N(c2ccc(-c3ccc4c(c3)P(=O)(c3ccccc3)c3ccccc3N4c3ccccc3)cc2)c2ccccc21.CC1(C)c2ccccc2N(c2ccc3c(c2)P(=O)(c2ccccc2)c2ccccc2N3c2ccccc2)c2ccccc21.O=P1(c2ccccc2)c2ccccc2N(c2ccccc2)c2ccc(-c3cccc(-c4ccc5c6ccccc6c6ccccc6c5c4)c3)cc21. The predicted octanol–water partition coefficient (Wildman–Crippen LogP) is 32.0. The molecule has 0 saturated carbocycles. The fraction of sp³-hybridized carbons (Fsp3) is 0.0455. The van der Waals surface area contributed by atoms with E-state index in [0.29, 0.717) is 0 Å².